The molecule has 21 heavy (non-hydrogen) atoms. The maximum Gasteiger partial charge on any atom is 0.260 e. The van der Waals surface area contributed by atoms with Gasteiger partial charge in [0.25, 0.3) is 5.56 Å². The van der Waals surface area contributed by atoms with E-state index in [-0.39, 0.29) is 17.4 Å². The average Bonchev–Trinajstić information content (AvgIpc) is 3.29. The molecule has 1 amide bonds. The van der Waals surface area contributed by atoms with Crippen molar-refractivity contribution in [2.24, 2.45) is 5.92 Å². The third-order valence-corrected chi connectivity index (χ3v) is 3.39. The molecule has 0 spiro atoms. The molecule has 1 fully saturated rings. The summed E-state index contributed by atoms with van der Waals surface area (Å²) in [5.41, 5.74) is 6.52. The molecule has 0 bridgehead atoms. The number of aromatic nitrogens is 2. The Balaban J connectivity index is 1.62. The zero-order valence-corrected chi connectivity index (χ0v) is 11.5. The smallest absolute Gasteiger partial charge is 0.260 e. The number of amides is 1. The van der Waals surface area contributed by atoms with Crippen molar-refractivity contribution >= 4 is 28.4 Å². The number of rotatable bonds is 5. The number of anilines is 2. The van der Waals surface area contributed by atoms with Crippen LogP contribution in [0.1, 0.15) is 12.8 Å². The van der Waals surface area contributed by atoms with Crippen LogP contribution in [0.3, 0.4) is 0 Å². The van der Waals surface area contributed by atoms with E-state index < -0.39 is 0 Å². The molecule has 0 unspecified atom stereocenters. The molecule has 1 heterocycles. The second kappa shape index (κ2) is 5.43. The number of nitrogens with one attached hydrogen (secondary N) is 3. The predicted octanol–water partition coefficient (Wildman–Crippen LogP) is 0.443. The minimum Gasteiger partial charge on any atom is -0.399 e. The normalized spacial score (nSPS) is 14.1. The molecule has 1 aromatic carbocycles. The molecule has 7 nitrogen and oxygen atoms in total. The number of H-pyrrole nitrogens is 1. The average molecular weight is 287 g/mol. The fraction of sp³-hybridized carbons (Fsp3) is 0.357. The number of nitrogens with zero attached hydrogens (tertiary/aromatic N) is 1. The van der Waals surface area contributed by atoms with Gasteiger partial charge in [0.2, 0.25) is 11.9 Å². The second-order valence-corrected chi connectivity index (χ2v) is 5.18. The minimum atomic E-state index is -0.239. The summed E-state index contributed by atoms with van der Waals surface area (Å²) in [4.78, 5) is 30.3. The first-order chi connectivity index (χ1) is 10.1. The second-order valence-electron chi connectivity index (χ2n) is 5.18. The summed E-state index contributed by atoms with van der Waals surface area (Å²) in [5, 5.41) is 6.29. The number of hydrogen-bond donors (Lipinski definition) is 4. The number of nitrogen functional groups attached to an aromatic ring is 1. The van der Waals surface area contributed by atoms with E-state index in [1.807, 2.05) is 0 Å². The molecule has 1 aliphatic rings. The van der Waals surface area contributed by atoms with Crippen LogP contribution in [0.5, 0.6) is 0 Å². The number of carbonyl (C=O) groups is 1. The van der Waals surface area contributed by atoms with Crippen molar-refractivity contribution in [3.8, 4) is 0 Å². The highest BCUT2D eigenvalue weighted by Gasteiger charge is 2.28. The van der Waals surface area contributed by atoms with Gasteiger partial charge in [0.05, 0.1) is 10.9 Å². The van der Waals surface area contributed by atoms with Crippen LogP contribution in [0.2, 0.25) is 0 Å². The number of nitrogens with two attached hydrogens (primary N) is 1. The van der Waals surface area contributed by atoms with Crippen molar-refractivity contribution < 1.29 is 4.79 Å². The Morgan fingerprint density at radius 1 is 1.38 bits per heavy atom. The third kappa shape index (κ3) is 3.13. The molecule has 0 atom stereocenters. The van der Waals surface area contributed by atoms with Crippen LogP contribution in [-0.2, 0) is 4.79 Å². The summed E-state index contributed by atoms with van der Waals surface area (Å²) in [6, 6.07) is 5.01. The molecule has 1 aliphatic carbocycles. The van der Waals surface area contributed by atoms with E-state index in [1.54, 1.807) is 18.2 Å². The summed E-state index contributed by atoms with van der Waals surface area (Å²) < 4.78 is 0. The minimum absolute atomic E-state index is 0.104. The Morgan fingerprint density at radius 2 is 2.19 bits per heavy atom. The van der Waals surface area contributed by atoms with Crippen molar-refractivity contribution in [2.75, 3.05) is 24.1 Å². The van der Waals surface area contributed by atoms with Gasteiger partial charge in [0, 0.05) is 24.7 Å². The highest BCUT2D eigenvalue weighted by Crippen LogP contribution is 2.28. The van der Waals surface area contributed by atoms with Gasteiger partial charge in [0.1, 0.15) is 0 Å². The van der Waals surface area contributed by atoms with Gasteiger partial charge in [-0.1, -0.05) is 0 Å². The standard InChI is InChI=1S/C14H17N5O2/c15-9-3-4-11-10(7-9)13(21)19-14(18-11)17-6-5-16-12(20)8-1-2-8/h3-4,7-8H,1-2,5-6,15H2,(H,16,20)(H2,17,18,19,21). The summed E-state index contributed by atoms with van der Waals surface area (Å²) in [5.74, 6) is 0.694. The number of benzene rings is 1. The van der Waals surface area contributed by atoms with E-state index >= 15 is 0 Å². The van der Waals surface area contributed by atoms with Crippen molar-refractivity contribution in [3.63, 3.8) is 0 Å². The Morgan fingerprint density at radius 3 is 2.95 bits per heavy atom. The quantitative estimate of drug-likeness (QED) is 0.471. The highest BCUT2D eigenvalue weighted by atomic mass is 16.2. The monoisotopic (exact) mass is 287 g/mol. The number of carbonyl (C=O) groups excluding carboxylic acids is 1. The predicted molar refractivity (Wildman–Crippen MR) is 81.0 cm³/mol. The molecule has 0 saturated heterocycles. The number of fused-ring (bicyclic) bond motifs is 1. The van der Waals surface area contributed by atoms with E-state index in [1.165, 1.54) is 0 Å². The van der Waals surface area contributed by atoms with E-state index in [0.29, 0.717) is 35.6 Å². The molecule has 2 aromatic rings. The Hall–Kier alpha value is -2.57. The van der Waals surface area contributed by atoms with Gasteiger partial charge < -0.3 is 16.4 Å². The van der Waals surface area contributed by atoms with Crippen LogP contribution in [0, 0.1) is 5.92 Å². The van der Waals surface area contributed by atoms with Crippen molar-refractivity contribution in [3.05, 3.63) is 28.6 Å². The van der Waals surface area contributed by atoms with E-state index in [4.69, 9.17) is 5.73 Å². The lowest BCUT2D eigenvalue weighted by Gasteiger charge is -2.07. The van der Waals surface area contributed by atoms with Crippen LogP contribution in [0.4, 0.5) is 11.6 Å². The van der Waals surface area contributed by atoms with Gasteiger partial charge in [0.15, 0.2) is 0 Å². The first-order valence-corrected chi connectivity index (χ1v) is 6.94. The zero-order chi connectivity index (χ0) is 14.8. The molecular formula is C14H17N5O2. The lowest BCUT2D eigenvalue weighted by molar-refractivity contribution is -0.122. The molecule has 0 aliphatic heterocycles. The van der Waals surface area contributed by atoms with E-state index in [2.05, 4.69) is 20.6 Å². The molecule has 1 saturated carbocycles. The lowest BCUT2D eigenvalue weighted by Crippen LogP contribution is -2.30. The Kier molecular flexibility index (Phi) is 3.47. The maximum atomic E-state index is 11.9. The van der Waals surface area contributed by atoms with Crippen molar-refractivity contribution in [2.45, 2.75) is 12.8 Å². The van der Waals surface area contributed by atoms with Gasteiger partial charge in [-0.3, -0.25) is 14.6 Å². The van der Waals surface area contributed by atoms with Crippen molar-refractivity contribution in [1.82, 2.24) is 15.3 Å². The summed E-state index contributed by atoms with van der Waals surface area (Å²) in [7, 11) is 0. The fourth-order valence-corrected chi connectivity index (χ4v) is 2.10. The topological polar surface area (TPSA) is 113 Å². The molecular weight excluding hydrogens is 270 g/mol. The summed E-state index contributed by atoms with van der Waals surface area (Å²) in [6.45, 7) is 1.00. The van der Waals surface area contributed by atoms with Crippen LogP contribution in [0.25, 0.3) is 10.9 Å². The highest BCUT2D eigenvalue weighted by molar-refractivity contribution is 5.82. The molecule has 3 rings (SSSR count). The molecule has 5 N–H and O–H groups in total. The van der Waals surface area contributed by atoms with E-state index in [9.17, 15) is 9.59 Å². The SMILES string of the molecule is Nc1ccc2nc(NCCNC(=O)C3CC3)[nH]c(=O)c2c1. The third-order valence-electron chi connectivity index (χ3n) is 3.39. The van der Waals surface area contributed by atoms with Gasteiger partial charge in [-0.05, 0) is 31.0 Å². The lowest BCUT2D eigenvalue weighted by atomic mass is 10.2. The first kappa shape index (κ1) is 13.4. The molecule has 1 aromatic heterocycles. The zero-order valence-electron chi connectivity index (χ0n) is 11.5. The van der Waals surface area contributed by atoms with Gasteiger partial charge in [-0.15, -0.1) is 0 Å². The summed E-state index contributed by atoms with van der Waals surface area (Å²) >= 11 is 0. The fourth-order valence-electron chi connectivity index (χ4n) is 2.10. The maximum absolute atomic E-state index is 11.9. The first-order valence-electron chi connectivity index (χ1n) is 6.94. The number of aromatic amines is 1. The van der Waals surface area contributed by atoms with E-state index in [0.717, 1.165) is 12.8 Å². The van der Waals surface area contributed by atoms with Crippen LogP contribution in [-0.4, -0.2) is 29.0 Å². The largest absolute Gasteiger partial charge is 0.399 e. The van der Waals surface area contributed by atoms with Gasteiger partial charge in [-0.2, -0.15) is 0 Å². The summed E-state index contributed by atoms with van der Waals surface area (Å²) in [6.07, 6.45) is 1.98. The Bertz CT molecular complexity index is 736. The molecule has 110 valence electrons. The Labute approximate surface area is 120 Å². The van der Waals surface area contributed by atoms with Crippen LogP contribution >= 0.6 is 0 Å². The van der Waals surface area contributed by atoms with Crippen LogP contribution < -0.4 is 21.9 Å². The van der Waals surface area contributed by atoms with Gasteiger partial charge in [-0.25, -0.2) is 4.98 Å². The van der Waals surface area contributed by atoms with Crippen molar-refractivity contribution in [1.29, 1.82) is 0 Å². The van der Waals surface area contributed by atoms with Gasteiger partial charge >= 0.3 is 0 Å². The molecule has 7 heteroatoms. The number of hydrogen-bond acceptors (Lipinski definition) is 5. The van der Waals surface area contributed by atoms with Crippen LogP contribution in [0.15, 0.2) is 23.0 Å². The molecule has 0 radical (unpaired) electrons.